The molecular weight excluding hydrogens is 339 g/mol. The Labute approximate surface area is 144 Å². The predicted molar refractivity (Wildman–Crippen MR) is 89.7 cm³/mol. The molecule has 2 rings (SSSR count). The molecule has 0 radical (unpaired) electrons. The van der Waals surface area contributed by atoms with E-state index >= 15 is 0 Å². The Morgan fingerprint density at radius 1 is 1.26 bits per heavy atom. The van der Waals surface area contributed by atoms with Crippen LogP contribution in [-0.2, 0) is 0 Å². The number of pyridine rings is 1. The van der Waals surface area contributed by atoms with Gasteiger partial charge >= 0.3 is 0 Å². The molecule has 0 aliphatic carbocycles. The number of ether oxygens (including phenoxy) is 2. The number of rotatable bonds is 7. The third kappa shape index (κ3) is 5.30. The minimum atomic E-state index is -0.190. The van der Waals surface area contributed by atoms with Crippen molar-refractivity contribution in [1.82, 2.24) is 10.3 Å². The van der Waals surface area contributed by atoms with E-state index in [1.165, 1.54) is 13.3 Å². The first-order valence-electron chi connectivity index (χ1n) is 6.96. The highest BCUT2D eigenvalue weighted by atomic mass is 35.5. The Balaban J connectivity index is 1.71. The van der Waals surface area contributed by atoms with Crippen LogP contribution in [0, 0.1) is 0 Å². The molecule has 1 amide bonds. The highest BCUT2D eigenvalue weighted by Gasteiger charge is 2.06. The number of benzene rings is 1. The Morgan fingerprint density at radius 2 is 2.09 bits per heavy atom. The molecule has 0 aliphatic heterocycles. The van der Waals surface area contributed by atoms with Crippen LogP contribution in [0.5, 0.6) is 11.6 Å². The molecule has 1 aromatic heterocycles. The van der Waals surface area contributed by atoms with Crippen LogP contribution >= 0.6 is 23.2 Å². The third-order valence-electron chi connectivity index (χ3n) is 2.97. The fraction of sp³-hybridized carbons (Fsp3) is 0.250. The van der Waals surface area contributed by atoms with Gasteiger partial charge in [0.15, 0.2) is 0 Å². The maximum atomic E-state index is 11.9. The van der Waals surface area contributed by atoms with Gasteiger partial charge in [0.25, 0.3) is 5.91 Å². The van der Waals surface area contributed by atoms with Crippen LogP contribution in [0.3, 0.4) is 0 Å². The molecule has 1 heterocycles. The molecule has 2 aromatic rings. The van der Waals surface area contributed by atoms with Gasteiger partial charge in [-0.05, 0) is 30.7 Å². The number of nitrogens with zero attached hydrogens (tertiary/aromatic N) is 1. The second-order valence-electron chi connectivity index (χ2n) is 4.62. The van der Waals surface area contributed by atoms with E-state index in [1.807, 2.05) is 0 Å². The number of hydrogen-bond donors (Lipinski definition) is 1. The van der Waals surface area contributed by atoms with Crippen molar-refractivity contribution in [1.29, 1.82) is 0 Å². The number of nitrogens with one attached hydrogen (secondary N) is 1. The van der Waals surface area contributed by atoms with Gasteiger partial charge in [-0.2, -0.15) is 0 Å². The summed E-state index contributed by atoms with van der Waals surface area (Å²) in [4.78, 5) is 15.9. The van der Waals surface area contributed by atoms with Gasteiger partial charge < -0.3 is 14.8 Å². The van der Waals surface area contributed by atoms with Crippen LogP contribution in [-0.4, -0.2) is 31.2 Å². The fourth-order valence-electron chi connectivity index (χ4n) is 1.79. The standard InChI is InChI=1S/C16H16Cl2N2O3/c1-22-15-6-3-11(10-20-15)16(21)19-7-2-8-23-14-5-4-12(17)9-13(14)18/h3-6,9-10H,2,7-8H2,1H3,(H,19,21). The van der Waals surface area contributed by atoms with Gasteiger partial charge in [-0.1, -0.05) is 23.2 Å². The predicted octanol–water partition coefficient (Wildman–Crippen LogP) is 3.60. The maximum absolute atomic E-state index is 11.9. The molecule has 7 heteroatoms. The normalized spacial score (nSPS) is 10.2. The van der Waals surface area contributed by atoms with Crippen molar-refractivity contribution in [2.24, 2.45) is 0 Å². The molecular formula is C16H16Cl2N2O3. The minimum absolute atomic E-state index is 0.190. The van der Waals surface area contributed by atoms with Gasteiger partial charge in [0.1, 0.15) is 5.75 Å². The number of hydrogen-bond acceptors (Lipinski definition) is 4. The highest BCUT2D eigenvalue weighted by Crippen LogP contribution is 2.27. The maximum Gasteiger partial charge on any atom is 0.252 e. The number of aromatic nitrogens is 1. The lowest BCUT2D eigenvalue weighted by molar-refractivity contribution is 0.0951. The molecule has 1 aromatic carbocycles. The number of amides is 1. The Kier molecular flexibility index (Phi) is 6.50. The van der Waals surface area contributed by atoms with E-state index in [0.717, 1.165) is 0 Å². The van der Waals surface area contributed by atoms with Crippen LogP contribution in [0.1, 0.15) is 16.8 Å². The molecule has 0 aliphatic rings. The molecule has 122 valence electrons. The molecule has 23 heavy (non-hydrogen) atoms. The van der Waals surface area contributed by atoms with Crippen molar-refractivity contribution < 1.29 is 14.3 Å². The largest absolute Gasteiger partial charge is 0.492 e. The van der Waals surface area contributed by atoms with Gasteiger partial charge in [-0.25, -0.2) is 4.98 Å². The first-order chi connectivity index (χ1) is 11.1. The van der Waals surface area contributed by atoms with Crippen LogP contribution in [0.15, 0.2) is 36.5 Å². The summed E-state index contributed by atoms with van der Waals surface area (Å²) in [6.45, 7) is 0.915. The summed E-state index contributed by atoms with van der Waals surface area (Å²) in [5, 5.41) is 3.81. The monoisotopic (exact) mass is 354 g/mol. The van der Waals surface area contributed by atoms with Gasteiger partial charge in [-0.15, -0.1) is 0 Å². The summed E-state index contributed by atoms with van der Waals surface area (Å²) in [6, 6.07) is 8.34. The number of halogens is 2. The highest BCUT2D eigenvalue weighted by molar-refractivity contribution is 6.35. The smallest absolute Gasteiger partial charge is 0.252 e. The molecule has 0 fully saturated rings. The van der Waals surface area contributed by atoms with E-state index in [4.69, 9.17) is 32.7 Å². The van der Waals surface area contributed by atoms with E-state index in [0.29, 0.717) is 46.8 Å². The van der Waals surface area contributed by atoms with E-state index in [2.05, 4.69) is 10.3 Å². The van der Waals surface area contributed by atoms with Crippen molar-refractivity contribution in [2.75, 3.05) is 20.3 Å². The first kappa shape index (κ1) is 17.4. The van der Waals surface area contributed by atoms with Gasteiger partial charge in [-0.3, -0.25) is 4.79 Å². The lowest BCUT2D eigenvalue weighted by Gasteiger charge is -2.09. The van der Waals surface area contributed by atoms with Crippen LogP contribution < -0.4 is 14.8 Å². The zero-order valence-corrected chi connectivity index (χ0v) is 14.0. The molecule has 0 bridgehead atoms. The van der Waals surface area contributed by atoms with Crippen molar-refractivity contribution in [2.45, 2.75) is 6.42 Å². The van der Waals surface area contributed by atoms with Crippen molar-refractivity contribution in [3.63, 3.8) is 0 Å². The van der Waals surface area contributed by atoms with Crippen LogP contribution in [0.2, 0.25) is 10.0 Å². The average molecular weight is 355 g/mol. The molecule has 5 nitrogen and oxygen atoms in total. The molecule has 0 saturated carbocycles. The quantitative estimate of drug-likeness (QED) is 0.771. The van der Waals surface area contributed by atoms with E-state index in [-0.39, 0.29) is 5.91 Å². The summed E-state index contributed by atoms with van der Waals surface area (Å²) in [5.74, 6) is 0.848. The lowest BCUT2D eigenvalue weighted by atomic mass is 10.2. The van der Waals surface area contributed by atoms with Gasteiger partial charge in [0, 0.05) is 23.8 Å². The summed E-state index contributed by atoms with van der Waals surface area (Å²) >= 11 is 11.8. The van der Waals surface area contributed by atoms with Crippen molar-refractivity contribution in [3.8, 4) is 11.6 Å². The Bertz CT molecular complexity index is 663. The minimum Gasteiger partial charge on any atom is -0.492 e. The zero-order chi connectivity index (χ0) is 16.7. The zero-order valence-electron chi connectivity index (χ0n) is 12.5. The first-order valence-corrected chi connectivity index (χ1v) is 7.72. The average Bonchev–Trinajstić information content (AvgIpc) is 2.56. The van der Waals surface area contributed by atoms with Crippen LogP contribution in [0.4, 0.5) is 0 Å². The Morgan fingerprint density at radius 3 is 2.74 bits per heavy atom. The van der Waals surface area contributed by atoms with E-state index in [1.54, 1.807) is 30.3 Å². The fourth-order valence-corrected chi connectivity index (χ4v) is 2.25. The summed E-state index contributed by atoms with van der Waals surface area (Å²) in [6.07, 6.45) is 2.12. The molecule has 0 saturated heterocycles. The molecule has 0 unspecified atom stereocenters. The molecule has 0 atom stereocenters. The summed E-state index contributed by atoms with van der Waals surface area (Å²) in [7, 11) is 1.52. The summed E-state index contributed by atoms with van der Waals surface area (Å²) < 4.78 is 10.5. The van der Waals surface area contributed by atoms with Crippen LogP contribution in [0.25, 0.3) is 0 Å². The topological polar surface area (TPSA) is 60.5 Å². The molecule has 1 N–H and O–H groups in total. The second-order valence-corrected chi connectivity index (χ2v) is 5.47. The number of carbonyl (C=O) groups excluding carboxylic acids is 1. The number of carbonyl (C=O) groups is 1. The third-order valence-corrected chi connectivity index (χ3v) is 3.50. The van der Waals surface area contributed by atoms with E-state index in [9.17, 15) is 4.79 Å². The van der Waals surface area contributed by atoms with Gasteiger partial charge in [0.2, 0.25) is 5.88 Å². The lowest BCUT2D eigenvalue weighted by Crippen LogP contribution is -2.25. The van der Waals surface area contributed by atoms with Gasteiger partial charge in [0.05, 0.1) is 24.3 Å². The SMILES string of the molecule is COc1ccc(C(=O)NCCCOc2ccc(Cl)cc2Cl)cn1. The van der Waals surface area contributed by atoms with Crippen molar-refractivity contribution in [3.05, 3.63) is 52.1 Å². The molecule has 0 spiro atoms. The van der Waals surface area contributed by atoms with Crippen molar-refractivity contribution >= 4 is 29.1 Å². The number of methoxy groups -OCH3 is 1. The Hall–Kier alpha value is -1.98. The second kappa shape index (κ2) is 8.60. The summed E-state index contributed by atoms with van der Waals surface area (Å²) in [5.41, 5.74) is 0.479. The van der Waals surface area contributed by atoms with E-state index < -0.39 is 0 Å².